The molecule has 0 spiro atoms. The van der Waals surface area contributed by atoms with Gasteiger partial charge >= 0.3 is 0 Å². The van der Waals surface area contributed by atoms with Gasteiger partial charge in [0.15, 0.2) is 0 Å². The van der Waals surface area contributed by atoms with Crippen molar-refractivity contribution in [3.05, 3.63) is 90.2 Å². The van der Waals surface area contributed by atoms with Crippen LogP contribution in [-0.4, -0.2) is 47.8 Å². The van der Waals surface area contributed by atoms with E-state index < -0.39 is 0 Å². The van der Waals surface area contributed by atoms with Crippen molar-refractivity contribution in [1.82, 2.24) is 9.47 Å². The zero-order valence-electron chi connectivity index (χ0n) is 23.7. The summed E-state index contributed by atoms with van der Waals surface area (Å²) < 4.78 is 1.99. The molecule has 0 unspecified atom stereocenters. The number of nitrogens with zero attached hydrogens (tertiary/aromatic N) is 3. The summed E-state index contributed by atoms with van der Waals surface area (Å²) in [6.07, 6.45) is 10.9. The highest BCUT2D eigenvalue weighted by Gasteiger charge is 2.25. The van der Waals surface area contributed by atoms with Gasteiger partial charge in [-0.25, -0.2) is 0 Å². The molecule has 0 atom stereocenters. The summed E-state index contributed by atoms with van der Waals surface area (Å²) >= 11 is 6.11. The summed E-state index contributed by atoms with van der Waals surface area (Å²) in [4.78, 5) is 16.7. The zero-order valence-corrected chi connectivity index (χ0v) is 24.4. The minimum atomic E-state index is -0.0776. The van der Waals surface area contributed by atoms with Crippen molar-refractivity contribution < 1.29 is 4.79 Å². The molecule has 0 radical (unpaired) electrons. The molecule has 1 aliphatic rings. The van der Waals surface area contributed by atoms with E-state index >= 15 is 0 Å². The molecule has 39 heavy (non-hydrogen) atoms. The minimum Gasteiger partial charge on any atom is -0.348 e. The molecule has 2 aromatic carbocycles. The Hall–Kier alpha value is -3.61. The van der Waals surface area contributed by atoms with Crippen LogP contribution in [0.4, 0.5) is 11.5 Å². The molecular weight excluding hydrogens is 506 g/mol. The molecule has 1 saturated carbocycles. The molecule has 1 aromatic heterocycles. The van der Waals surface area contributed by atoms with Crippen LogP contribution in [0.25, 0.3) is 16.8 Å². The third-order valence-electron chi connectivity index (χ3n) is 6.42. The maximum Gasteiger partial charge on any atom is 0.250 e. The predicted molar refractivity (Wildman–Crippen MR) is 167 cm³/mol. The number of rotatable bonds is 10. The number of carbonyl (C=O) groups is 1. The van der Waals surface area contributed by atoms with Crippen LogP contribution in [0.5, 0.6) is 0 Å². The summed E-state index contributed by atoms with van der Waals surface area (Å²) in [6.45, 7) is 10.6. The number of halogens is 1. The summed E-state index contributed by atoms with van der Waals surface area (Å²) in [5.74, 6) is 0.655. The van der Waals surface area contributed by atoms with Gasteiger partial charge in [0.1, 0.15) is 5.82 Å². The van der Waals surface area contributed by atoms with Crippen LogP contribution in [0.3, 0.4) is 0 Å². The fraction of sp³-hybridized carbons (Fsp3) is 0.312. The van der Waals surface area contributed by atoms with Gasteiger partial charge in [0, 0.05) is 65.1 Å². The number of benzene rings is 2. The molecule has 206 valence electrons. The first-order valence-corrected chi connectivity index (χ1v) is 13.8. The lowest BCUT2D eigenvalue weighted by molar-refractivity contribution is -0.113. The van der Waals surface area contributed by atoms with E-state index in [4.69, 9.17) is 17.0 Å². The Kier molecular flexibility index (Phi) is 10.7. The second-order valence-electron chi connectivity index (χ2n) is 9.81. The standard InChI is InChI=1S/C29H32ClN5O.C3H8/c1-5-32-29-28(20(2)31)26(21-11-13-22(30)14-12-21)19-35(29)25-9-6-8-24(18-25)34(4)27(36)10-7-17-33(3)23-15-16-23;1-3-2/h5-14,18-19,23,31-32H,1,15-17H2,2-4H3;3H2,1-2H3/b10-7+,31-20?;. The molecule has 1 amide bonds. The number of amides is 1. The minimum absolute atomic E-state index is 0.0776. The second kappa shape index (κ2) is 14.0. The van der Waals surface area contributed by atoms with Gasteiger partial charge in [0.25, 0.3) is 0 Å². The van der Waals surface area contributed by atoms with Crippen molar-refractivity contribution in [2.75, 3.05) is 30.9 Å². The molecule has 0 saturated heterocycles. The average Bonchev–Trinajstić information content (AvgIpc) is 3.70. The van der Waals surface area contributed by atoms with E-state index in [-0.39, 0.29) is 5.91 Å². The van der Waals surface area contributed by atoms with Crippen LogP contribution in [0.1, 0.15) is 45.6 Å². The van der Waals surface area contributed by atoms with Gasteiger partial charge < -0.3 is 20.2 Å². The first kappa shape index (κ1) is 29.9. The Bertz CT molecular complexity index is 1320. The maximum absolute atomic E-state index is 12.8. The molecule has 3 aromatic rings. The van der Waals surface area contributed by atoms with Crippen molar-refractivity contribution in [2.45, 2.75) is 46.1 Å². The Morgan fingerprint density at radius 3 is 2.44 bits per heavy atom. The zero-order chi connectivity index (χ0) is 28.5. The lowest BCUT2D eigenvalue weighted by Crippen LogP contribution is -2.25. The summed E-state index contributed by atoms with van der Waals surface area (Å²) in [6, 6.07) is 16.0. The number of carbonyl (C=O) groups excluding carboxylic acids is 1. The molecule has 1 fully saturated rings. The van der Waals surface area contributed by atoms with Crippen LogP contribution >= 0.6 is 11.6 Å². The first-order valence-electron chi connectivity index (χ1n) is 13.4. The normalized spacial score (nSPS) is 12.7. The molecule has 4 rings (SSSR count). The summed E-state index contributed by atoms with van der Waals surface area (Å²) in [7, 11) is 3.87. The lowest BCUT2D eigenvalue weighted by Gasteiger charge is -2.18. The average molecular weight is 546 g/mol. The van der Waals surface area contributed by atoms with E-state index in [1.54, 1.807) is 31.1 Å². The van der Waals surface area contributed by atoms with Gasteiger partial charge in [-0.2, -0.15) is 0 Å². The molecule has 1 heterocycles. The highest BCUT2D eigenvalue weighted by Crippen LogP contribution is 2.35. The fourth-order valence-corrected chi connectivity index (χ4v) is 4.38. The van der Waals surface area contributed by atoms with Crippen molar-refractivity contribution in [2.24, 2.45) is 0 Å². The molecule has 1 aliphatic carbocycles. The largest absolute Gasteiger partial charge is 0.348 e. The summed E-state index contributed by atoms with van der Waals surface area (Å²) in [5, 5.41) is 12.3. The number of aromatic nitrogens is 1. The topological polar surface area (TPSA) is 64.4 Å². The van der Waals surface area contributed by atoms with Gasteiger partial charge in [-0.05, 0) is 68.9 Å². The number of nitrogens with one attached hydrogen (secondary N) is 2. The number of anilines is 2. The third-order valence-corrected chi connectivity index (χ3v) is 6.68. The van der Waals surface area contributed by atoms with E-state index in [1.807, 2.05) is 65.4 Å². The van der Waals surface area contributed by atoms with E-state index in [9.17, 15) is 4.79 Å². The van der Waals surface area contributed by atoms with Crippen LogP contribution in [0.15, 0.2) is 79.7 Å². The van der Waals surface area contributed by atoms with Crippen molar-refractivity contribution in [3.8, 4) is 16.8 Å². The number of hydrogen-bond acceptors (Lipinski definition) is 4. The third kappa shape index (κ3) is 7.71. The van der Waals surface area contributed by atoms with E-state index in [2.05, 4.69) is 37.7 Å². The highest BCUT2D eigenvalue weighted by atomic mass is 35.5. The highest BCUT2D eigenvalue weighted by molar-refractivity contribution is 6.30. The molecule has 0 aliphatic heterocycles. The monoisotopic (exact) mass is 545 g/mol. The number of hydrogen-bond donors (Lipinski definition) is 2. The van der Waals surface area contributed by atoms with Crippen LogP contribution in [0, 0.1) is 5.41 Å². The SMILES string of the molecule is C=CNc1c(C(C)=N)c(-c2ccc(Cl)cc2)cn1-c1cccc(N(C)C(=O)/C=C/CN(C)C2CC2)c1.CCC. The maximum atomic E-state index is 12.8. The Labute approximate surface area is 238 Å². The van der Waals surface area contributed by atoms with Crippen molar-refractivity contribution in [3.63, 3.8) is 0 Å². The predicted octanol–water partition coefficient (Wildman–Crippen LogP) is 7.77. The molecule has 6 nitrogen and oxygen atoms in total. The van der Waals surface area contributed by atoms with Crippen LogP contribution in [-0.2, 0) is 4.79 Å². The van der Waals surface area contributed by atoms with Gasteiger partial charge in [-0.3, -0.25) is 9.69 Å². The fourth-order valence-electron chi connectivity index (χ4n) is 4.25. The lowest BCUT2D eigenvalue weighted by atomic mass is 10.0. The smallest absolute Gasteiger partial charge is 0.250 e. The van der Waals surface area contributed by atoms with Crippen LogP contribution in [0.2, 0.25) is 5.02 Å². The van der Waals surface area contributed by atoms with E-state index in [0.717, 1.165) is 40.4 Å². The molecule has 7 heteroatoms. The van der Waals surface area contributed by atoms with Gasteiger partial charge in [-0.15, -0.1) is 0 Å². The van der Waals surface area contributed by atoms with Crippen molar-refractivity contribution >= 4 is 34.7 Å². The Morgan fingerprint density at radius 1 is 1.18 bits per heavy atom. The van der Waals surface area contributed by atoms with Crippen molar-refractivity contribution in [1.29, 1.82) is 5.41 Å². The molecule has 0 bridgehead atoms. The number of likely N-dealkylation sites (N-methyl/N-ethyl adjacent to an activating group) is 2. The van der Waals surface area contributed by atoms with E-state index in [0.29, 0.717) is 16.8 Å². The van der Waals surface area contributed by atoms with E-state index in [1.165, 1.54) is 19.3 Å². The quantitative estimate of drug-likeness (QED) is 0.202. The second-order valence-corrected chi connectivity index (χ2v) is 10.3. The van der Waals surface area contributed by atoms with Gasteiger partial charge in [0.2, 0.25) is 5.91 Å². The van der Waals surface area contributed by atoms with Gasteiger partial charge in [0.05, 0.1) is 0 Å². The Morgan fingerprint density at radius 2 is 1.85 bits per heavy atom. The molecule has 2 N–H and O–H groups in total. The summed E-state index contributed by atoms with van der Waals surface area (Å²) in [5.41, 5.74) is 4.69. The Balaban J connectivity index is 0.00000134. The molecular formula is C32H40ClN5O. The van der Waals surface area contributed by atoms with Gasteiger partial charge in [-0.1, -0.05) is 62.7 Å². The van der Waals surface area contributed by atoms with Crippen LogP contribution < -0.4 is 10.2 Å². The first-order chi connectivity index (χ1) is 18.7.